The van der Waals surface area contributed by atoms with Crippen molar-refractivity contribution in [1.29, 1.82) is 0 Å². The highest BCUT2D eigenvalue weighted by Crippen LogP contribution is 2.34. The molecule has 1 N–H and O–H groups in total. The molecule has 1 saturated carbocycles. The Kier molecular flexibility index (Phi) is 6.36. The van der Waals surface area contributed by atoms with E-state index in [-0.39, 0.29) is 31.0 Å². The third-order valence-corrected chi connectivity index (χ3v) is 5.83. The van der Waals surface area contributed by atoms with Crippen LogP contribution in [-0.4, -0.2) is 34.3 Å². The molecule has 2 aromatic carbocycles. The van der Waals surface area contributed by atoms with E-state index in [4.69, 9.17) is 4.74 Å². The van der Waals surface area contributed by atoms with Crippen LogP contribution in [0.4, 0.5) is 5.69 Å². The van der Waals surface area contributed by atoms with Crippen molar-refractivity contribution < 1.29 is 14.3 Å². The highest BCUT2D eigenvalue weighted by molar-refractivity contribution is 7.98. The zero-order valence-corrected chi connectivity index (χ0v) is 18.0. The minimum Gasteiger partial charge on any atom is -0.456 e. The summed E-state index contributed by atoms with van der Waals surface area (Å²) in [5, 5.41) is 3.29. The first kappa shape index (κ1) is 21.1. The van der Waals surface area contributed by atoms with Gasteiger partial charge in [0.05, 0.1) is 17.3 Å². The lowest BCUT2D eigenvalue weighted by molar-refractivity contribution is -0.147. The zero-order valence-electron chi connectivity index (χ0n) is 17.2. The van der Waals surface area contributed by atoms with Gasteiger partial charge in [0.15, 0.2) is 6.61 Å². The third-order valence-electron chi connectivity index (χ3n) is 5.08. The minimum atomic E-state index is -0.502. The summed E-state index contributed by atoms with van der Waals surface area (Å²) in [7, 11) is 0. The molecule has 0 aliphatic heterocycles. The lowest BCUT2D eigenvalue weighted by Gasteiger charge is -2.12. The Hall–Kier alpha value is -3.13. The predicted molar refractivity (Wildman–Crippen MR) is 120 cm³/mol. The summed E-state index contributed by atoms with van der Waals surface area (Å²) < 4.78 is 6.82. The van der Waals surface area contributed by atoms with Gasteiger partial charge in [-0.3, -0.25) is 19.0 Å². The highest BCUT2D eigenvalue weighted by atomic mass is 32.2. The van der Waals surface area contributed by atoms with Gasteiger partial charge in [-0.25, -0.2) is 4.98 Å². The molecule has 1 heterocycles. The van der Waals surface area contributed by atoms with E-state index in [2.05, 4.69) is 10.3 Å². The Balaban J connectivity index is 1.34. The van der Waals surface area contributed by atoms with Crippen LogP contribution in [0.15, 0.2) is 58.2 Å². The van der Waals surface area contributed by atoms with Gasteiger partial charge in [0.2, 0.25) is 0 Å². The monoisotopic (exact) mass is 437 g/mol. The normalized spacial score (nSPS) is 13.2. The molecule has 0 saturated heterocycles. The van der Waals surface area contributed by atoms with Crippen molar-refractivity contribution in [2.75, 3.05) is 18.2 Å². The fourth-order valence-electron chi connectivity index (χ4n) is 3.38. The predicted octanol–water partition coefficient (Wildman–Crippen LogP) is 3.57. The summed E-state index contributed by atoms with van der Waals surface area (Å²) in [6.07, 6.45) is 4.19. The molecule has 0 radical (unpaired) electrons. The van der Waals surface area contributed by atoms with Crippen molar-refractivity contribution in [1.82, 2.24) is 9.55 Å². The second kappa shape index (κ2) is 9.34. The van der Waals surface area contributed by atoms with E-state index < -0.39 is 11.9 Å². The van der Waals surface area contributed by atoms with E-state index in [0.29, 0.717) is 22.4 Å². The van der Waals surface area contributed by atoms with Crippen LogP contribution in [0.3, 0.4) is 0 Å². The van der Waals surface area contributed by atoms with E-state index >= 15 is 0 Å². The maximum absolute atomic E-state index is 12.9. The molecule has 31 heavy (non-hydrogen) atoms. The standard InChI is InChI=1S/C23H23N3O4S/c1-31-17-10-6-15(7-11-17)24-21(27)14-30-22(28)13-12-20-25-19-5-3-2-4-18(19)23(29)26(20)16-8-9-16/h2-7,10-11,16H,8-9,12-14H2,1H3,(H,24,27). The maximum Gasteiger partial charge on any atom is 0.306 e. The number of aromatic nitrogens is 2. The number of aryl methyl sites for hydroxylation is 1. The first-order chi connectivity index (χ1) is 15.0. The van der Waals surface area contributed by atoms with Crippen LogP contribution >= 0.6 is 11.8 Å². The number of hydrogen-bond acceptors (Lipinski definition) is 6. The van der Waals surface area contributed by atoms with Gasteiger partial charge in [0.1, 0.15) is 5.82 Å². The number of benzene rings is 2. The van der Waals surface area contributed by atoms with Gasteiger partial charge in [-0.1, -0.05) is 12.1 Å². The second-order valence-corrected chi connectivity index (χ2v) is 8.27. The van der Waals surface area contributed by atoms with Gasteiger partial charge in [0.25, 0.3) is 11.5 Å². The summed E-state index contributed by atoms with van der Waals surface area (Å²) in [5.74, 6) is -0.317. The van der Waals surface area contributed by atoms with E-state index in [0.717, 1.165) is 17.7 Å². The molecule has 0 bridgehead atoms. The molecule has 4 rings (SSSR count). The molecule has 1 fully saturated rings. The molecule has 0 atom stereocenters. The third kappa shape index (κ3) is 5.14. The molecular weight excluding hydrogens is 414 g/mol. The number of carbonyl (C=O) groups is 2. The van der Waals surface area contributed by atoms with Gasteiger partial charge in [0, 0.05) is 23.0 Å². The largest absolute Gasteiger partial charge is 0.456 e. The van der Waals surface area contributed by atoms with Crippen LogP contribution in [-0.2, 0) is 20.7 Å². The molecule has 3 aromatic rings. The fourth-order valence-corrected chi connectivity index (χ4v) is 3.79. The first-order valence-electron chi connectivity index (χ1n) is 10.1. The minimum absolute atomic E-state index is 0.0488. The Morgan fingerprint density at radius 3 is 2.61 bits per heavy atom. The summed E-state index contributed by atoms with van der Waals surface area (Å²) in [5.41, 5.74) is 1.20. The molecule has 1 amide bonds. The van der Waals surface area contributed by atoms with Crippen molar-refractivity contribution in [2.45, 2.75) is 36.6 Å². The summed E-state index contributed by atoms with van der Waals surface area (Å²) in [6, 6.07) is 14.8. The van der Waals surface area contributed by atoms with Gasteiger partial charge >= 0.3 is 5.97 Å². The summed E-state index contributed by atoms with van der Waals surface area (Å²) in [4.78, 5) is 42.8. The number of nitrogens with zero attached hydrogens (tertiary/aromatic N) is 2. The molecule has 1 aliphatic rings. The van der Waals surface area contributed by atoms with E-state index in [1.54, 1.807) is 40.6 Å². The topological polar surface area (TPSA) is 90.3 Å². The van der Waals surface area contributed by atoms with E-state index in [9.17, 15) is 14.4 Å². The van der Waals surface area contributed by atoms with E-state index in [1.165, 1.54) is 0 Å². The van der Waals surface area contributed by atoms with Crippen LogP contribution in [0.2, 0.25) is 0 Å². The van der Waals surface area contributed by atoms with Crippen LogP contribution in [0.25, 0.3) is 10.9 Å². The Morgan fingerprint density at radius 2 is 1.90 bits per heavy atom. The van der Waals surface area contributed by atoms with Crippen molar-refractivity contribution >= 4 is 40.2 Å². The quantitative estimate of drug-likeness (QED) is 0.428. The van der Waals surface area contributed by atoms with Crippen LogP contribution < -0.4 is 10.9 Å². The average Bonchev–Trinajstić information content (AvgIpc) is 3.62. The number of rotatable bonds is 8. The SMILES string of the molecule is CSc1ccc(NC(=O)COC(=O)CCc2nc3ccccc3c(=O)n2C2CC2)cc1. The zero-order chi connectivity index (χ0) is 21.8. The Morgan fingerprint density at radius 1 is 1.16 bits per heavy atom. The number of para-hydroxylation sites is 1. The smallest absolute Gasteiger partial charge is 0.306 e. The highest BCUT2D eigenvalue weighted by Gasteiger charge is 2.28. The molecule has 0 spiro atoms. The van der Waals surface area contributed by atoms with Crippen LogP contribution in [0.5, 0.6) is 0 Å². The number of anilines is 1. The first-order valence-corrected chi connectivity index (χ1v) is 11.4. The van der Waals surface area contributed by atoms with Gasteiger partial charge in [-0.05, 0) is 55.5 Å². The molecule has 1 aromatic heterocycles. The van der Waals surface area contributed by atoms with E-state index in [1.807, 2.05) is 30.5 Å². The second-order valence-electron chi connectivity index (χ2n) is 7.39. The molecular formula is C23H23N3O4S. The van der Waals surface area contributed by atoms with Crippen molar-refractivity contribution in [3.05, 3.63) is 64.7 Å². The molecule has 1 aliphatic carbocycles. The number of ether oxygens (including phenoxy) is 1. The Bertz CT molecular complexity index is 1170. The lowest BCUT2D eigenvalue weighted by atomic mass is 10.2. The van der Waals surface area contributed by atoms with Gasteiger partial charge < -0.3 is 10.1 Å². The molecule has 7 nitrogen and oxygen atoms in total. The lowest BCUT2D eigenvalue weighted by Crippen LogP contribution is -2.25. The van der Waals surface area contributed by atoms with Crippen LogP contribution in [0.1, 0.15) is 31.1 Å². The molecule has 0 unspecified atom stereocenters. The Labute approximate surface area is 183 Å². The van der Waals surface area contributed by atoms with Crippen LogP contribution in [0, 0.1) is 0 Å². The number of fused-ring (bicyclic) bond motifs is 1. The number of carbonyl (C=O) groups excluding carboxylic acids is 2. The number of amides is 1. The van der Waals surface area contributed by atoms with Crippen molar-refractivity contribution in [3.63, 3.8) is 0 Å². The van der Waals surface area contributed by atoms with Gasteiger partial charge in [-0.15, -0.1) is 11.8 Å². The fraction of sp³-hybridized carbons (Fsp3) is 0.304. The number of nitrogens with one attached hydrogen (secondary N) is 1. The molecule has 160 valence electrons. The summed E-state index contributed by atoms with van der Waals surface area (Å²) in [6.45, 7) is -0.357. The molecule has 8 heteroatoms. The summed E-state index contributed by atoms with van der Waals surface area (Å²) >= 11 is 1.61. The maximum atomic E-state index is 12.9. The van der Waals surface area contributed by atoms with Crippen molar-refractivity contribution in [2.24, 2.45) is 0 Å². The number of thioether (sulfide) groups is 1. The number of hydrogen-bond donors (Lipinski definition) is 1. The van der Waals surface area contributed by atoms with Gasteiger partial charge in [-0.2, -0.15) is 0 Å². The average molecular weight is 438 g/mol. The van der Waals surface area contributed by atoms with Crippen molar-refractivity contribution in [3.8, 4) is 0 Å². The number of esters is 1.